The summed E-state index contributed by atoms with van der Waals surface area (Å²) in [5.74, 6) is 0.714. The predicted molar refractivity (Wildman–Crippen MR) is 125 cm³/mol. The molecular weight excluding hydrogens is 390 g/mol. The van der Waals surface area contributed by atoms with Crippen molar-refractivity contribution in [2.45, 2.75) is 40.7 Å². The van der Waals surface area contributed by atoms with Crippen LogP contribution >= 0.6 is 0 Å². The van der Waals surface area contributed by atoms with E-state index in [9.17, 15) is 9.59 Å². The van der Waals surface area contributed by atoms with Gasteiger partial charge in [-0.25, -0.2) is 0 Å². The highest BCUT2D eigenvalue weighted by Crippen LogP contribution is 2.23. The molecule has 0 aromatic heterocycles. The van der Waals surface area contributed by atoms with Gasteiger partial charge in [-0.15, -0.1) is 0 Å². The van der Waals surface area contributed by atoms with E-state index in [4.69, 9.17) is 4.74 Å². The standard InChI is InChI=1S/C25H33N3O3/c1-18(2)31-22-8-6-7-19(17-22)23(29)26-20-9-11-21(12-10-20)27-13-15-28(16-14-27)24(30)25(3,4)5/h6-12,17-18H,13-16H2,1-5H3,(H,26,29). The zero-order valence-electron chi connectivity index (χ0n) is 19.1. The van der Waals surface area contributed by atoms with E-state index in [0.29, 0.717) is 11.3 Å². The summed E-state index contributed by atoms with van der Waals surface area (Å²) < 4.78 is 5.67. The zero-order chi connectivity index (χ0) is 22.6. The van der Waals surface area contributed by atoms with E-state index in [0.717, 1.165) is 37.6 Å². The van der Waals surface area contributed by atoms with Crippen molar-refractivity contribution in [2.75, 3.05) is 36.4 Å². The van der Waals surface area contributed by atoms with Crippen molar-refractivity contribution < 1.29 is 14.3 Å². The van der Waals surface area contributed by atoms with Crippen LogP contribution in [0.2, 0.25) is 0 Å². The summed E-state index contributed by atoms with van der Waals surface area (Å²) in [6.45, 7) is 12.8. The molecule has 0 bridgehead atoms. The molecule has 166 valence electrons. The summed E-state index contributed by atoms with van der Waals surface area (Å²) in [5.41, 5.74) is 2.04. The van der Waals surface area contributed by atoms with E-state index in [1.165, 1.54) is 0 Å². The molecule has 31 heavy (non-hydrogen) atoms. The van der Waals surface area contributed by atoms with Crippen LogP contribution in [0.1, 0.15) is 45.0 Å². The third kappa shape index (κ3) is 6.00. The molecule has 2 aromatic rings. The molecule has 1 N–H and O–H groups in total. The van der Waals surface area contributed by atoms with Crippen molar-refractivity contribution in [1.29, 1.82) is 0 Å². The van der Waals surface area contributed by atoms with Gasteiger partial charge in [-0.1, -0.05) is 26.8 Å². The minimum absolute atomic E-state index is 0.0549. The van der Waals surface area contributed by atoms with Gasteiger partial charge in [-0.2, -0.15) is 0 Å². The normalized spacial score (nSPS) is 14.5. The Hall–Kier alpha value is -3.02. The highest BCUT2D eigenvalue weighted by molar-refractivity contribution is 6.04. The third-order valence-electron chi connectivity index (χ3n) is 5.17. The van der Waals surface area contributed by atoms with Crippen LogP contribution in [0.5, 0.6) is 5.75 Å². The van der Waals surface area contributed by atoms with Gasteiger partial charge in [-0.05, 0) is 56.3 Å². The lowest BCUT2D eigenvalue weighted by molar-refractivity contribution is -0.139. The van der Waals surface area contributed by atoms with Crippen LogP contribution in [0, 0.1) is 5.41 Å². The maximum atomic E-state index is 12.6. The number of amides is 2. The number of hydrogen-bond acceptors (Lipinski definition) is 4. The summed E-state index contributed by atoms with van der Waals surface area (Å²) in [5, 5.41) is 2.94. The molecule has 0 radical (unpaired) electrons. The first kappa shape index (κ1) is 22.7. The fraction of sp³-hybridized carbons (Fsp3) is 0.440. The maximum Gasteiger partial charge on any atom is 0.255 e. The molecule has 0 saturated carbocycles. The average molecular weight is 424 g/mol. The second-order valence-corrected chi connectivity index (χ2v) is 9.22. The molecule has 0 atom stereocenters. The van der Waals surface area contributed by atoms with E-state index in [1.54, 1.807) is 12.1 Å². The molecule has 0 spiro atoms. The Morgan fingerprint density at radius 3 is 2.19 bits per heavy atom. The Morgan fingerprint density at radius 1 is 0.968 bits per heavy atom. The van der Waals surface area contributed by atoms with E-state index in [-0.39, 0.29) is 23.3 Å². The smallest absolute Gasteiger partial charge is 0.255 e. The van der Waals surface area contributed by atoms with Crippen LogP contribution in [0.15, 0.2) is 48.5 Å². The van der Waals surface area contributed by atoms with Crippen LogP contribution < -0.4 is 15.0 Å². The minimum atomic E-state index is -0.345. The summed E-state index contributed by atoms with van der Waals surface area (Å²) >= 11 is 0. The largest absolute Gasteiger partial charge is 0.491 e. The maximum absolute atomic E-state index is 12.6. The second kappa shape index (κ2) is 9.41. The number of nitrogens with zero attached hydrogens (tertiary/aromatic N) is 2. The van der Waals surface area contributed by atoms with Gasteiger partial charge in [0.25, 0.3) is 5.91 Å². The molecule has 0 unspecified atom stereocenters. The van der Waals surface area contributed by atoms with Crippen molar-refractivity contribution in [3.8, 4) is 5.75 Å². The Labute approximate surface area is 185 Å². The molecule has 1 aliphatic rings. The second-order valence-electron chi connectivity index (χ2n) is 9.22. The van der Waals surface area contributed by atoms with E-state index < -0.39 is 0 Å². The van der Waals surface area contributed by atoms with Crippen LogP contribution in [0.25, 0.3) is 0 Å². The molecule has 3 rings (SSSR count). The lowest BCUT2D eigenvalue weighted by Gasteiger charge is -2.38. The number of nitrogens with one attached hydrogen (secondary N) is 1. The van der Waals surface area contributed by atoms with Crippen LogP contribution in [-0.4, -0.2) is 49.0 Å². The zero-order valence-corrected chi connectivity index (χ0v) is 19.1. The number of carbonyl (C=O) groups is 2. The van der Waals surface area contributed by atoms with Gasteiger partial charge >= 0.3 is 0 Å². The highest BCUT2D eigenvalue weighted by Gasteiger charge is 2.29. The molecule has 2 aromatic carbocycles. The first-order valence-electron chi connectivity index (χ1n) is 10.9. The topological polar surface area (TPSA) is 61.9 Å². The minimum Gasteiger partial charge on any atom is -0.491 e. The quantitative estimate of drug-likeness (QED) is 0.773. The Bertz CT molecular complexity index is 908. The van der Waals surface area contributed by atoms with Gasteiger partial charge in [0.1, 0.15) is 5.75 Å². The Balaban J connectivity index is 1.57. The van der Waals surface area contributed by atoms with Gasteiger partial charge in [0.2, 0.25) is 5.91 Å². The number of piperazine rings is 1. The summed E-state index contributed by atoms with van der Waals surface area (Å²) in [7, 11) is 0. The van der Waals surface area contributed by atoms with Crippen LogP contribution in [0.4, 0.5) is 11.4 Å². The van der Waals surface area contributed by atoms with Gasteiger partial charge in [0.15, 0.2) is 0 Å². The fourth-order valence-electron chi connectivity index (χ4n) is 3.58. The molecule has 2 amide bonds. The third-order valence-corrected chi connectivity index (χ3v) is 5.17. The van der Waals surface area contributed by atoms with Crippen LogP contribution in [-0.2, 0) is 4.79 Å². The van der Waals surface area contributed by atoms with Crippen molar-refractivity contribution in [3.05, 3.63) is 54.1 Å². The number of hydrogen-bond donors (Lipinski definition) is 1. The number of benzene rings is 2. The Morgan fingerprint density at radius 2 is 1.61 bits per heavy atom. The molecule has 1 aliphatic heterocycles. The average Bonchev–Trinajstić information content (AvgIpc) is 2.73. The first-order valence-corrected chi connectivity index (χ1v) is 10.9. The molecule has 0 aliphatic carbocycles. The van der Waals surface area contributed by atoms with Crippen molar-refractivity contribution in [1.82, 2.24) is 4.90 Å². The molecular formula is C25H33N3O3. The molecule has 1 saturated heterocycles. The lowest BCUT2D eigenvalue weighted by atomic mass is 9.94. The van der Waals surface area contributed by atoms with E-state index in [1.807, 2.05) is 75.9 Å². The Kier molecular flexibility index (Phi) is 6.88. The molecule has 1 heterocycles. The first-order chi connectivity index (χ1) is 14.6. The van der Waals surface area contributed by atoms with Crippen molar-refractivity contribution in [2.24, 2.45) is 5.41 Å². The van der Waals surface area contributed by atoms with E-state index in [2.05, 4.69) is 10.2 Å². The van der Waals surface area contributed by atoms with Gasteiger partial charge in [0.05, 0.1) is 6.10 Å². The molecule has 1 fully saturated rings. The van der Waals surface area contributed by atoms with Gasteiger partial charge < -0.3 is 19.9 Å². The molecule has 6 heteroatoms. The monoisotopic (exact) mass is 423 g/mol. The van der Waals surface area contributed by atoms with Crippen molar-refractivity contribution >= 4 is 23.2 Å². The molecule has 6 nitrogen and oxygen atoms in total. The lowest BCUT2D eigenvalue weighted by Crippen LogP contribution is -2.51. The van der Waals surface area contributed by atoms with E-state index >= 15 is 0 Å². The van der Waals surface area contributed by atoms with Crippen LogP contribution in [0.3, 0.4) is 0 Å². The summed E-state index contributed by atoms with van der Waals surface area (Å²) in [6.07, 6.45) is 0.0549. The SMILES string of the molecule is CC(C)Oc1cccc(C(=O)Nc2ccc(N3CCN(C(=O)C(C)(C)C)CC3)cc2)c1. The number of rotatable bonds is 5. The summed E-state index contributed by atoms with van der Waals surface area (Å²) in [4.78, 5) is 29.3. The van der Waals surface area contributed by atoms with Gasteiger partial charge in [-0.3, -0.25) is 9.59 Å². The number of ether oxygens (including phenoxy) is 1. The number of carbonyl (C=O) groups excluding carboxylic acids is 2. The van der Waals surface area contributed by atoms with Gasteiger partial charge in [0, 0.05) is 48.5 Å². The predicted octanol–water partition coefficient (Wildman–Crippen LogP) is 4.42. The van der Waals surface area contributed by atoms with Crippen molar-refractivity contribution in [3.63, 3.8) is 0 Å². The summed E-state index contributed by atoms with van der Waals surface area (Å²) in [6, 6.07) is 15.0. The fourth-order valence-corrected chi connectivity index (χ4v) is 3.58. The highest BCUT2D eigenvalue weighted by atomic mass is 16.5. The number of anilines is 2.